The molecule has 0 aliphatic carbocycles. The molecule has 1 heterocycles. The van der Waals surface area contributed by atoms with Gasteiger partial charge in [-0.05, 0) is 24.3 Å². The minimum Gasteiger partial charge on any atom is -0.497 e. The van der Waals surface area contributed by atoms with E-state index in [-0.39, 0.29) is 4.90 Å². The van der Waals surface area contributed by atoms with E-state index in [1.807, 2.05) is 0 Å². The maximum Gasteiger partial charge on any atom is 0.261 e. The number of hydrogen-bond donors (Lipinski definition) is 1. The second-order valence-corrected chi connectivity index (χ2v) is 4.90. The van der Waals surface area contributed by atoms with Gasteiger partial charge in [-0.25, -0.2) is 8.42 Å². The molecule has 5 heteroatoms. The zero-order valence-corrected chi connectivity index (χ0v) is 9.28. The van der Waals surface area contributed by atoms with Gasteiger partial charge in [0.15, 0.2) is 0 Å². The summed E-state index contributed by atoms with van der Waals surface area (Å²) in [5.41, 5.74) is 0.523. The van der Waals surface area contributed by atoms with Crippen LogP contribution in [0.25, 0.3) is 0 Å². The Balaban J connectivity index is 2.21. The Morgan fingerprint density at radius 2 is 1.94 bits per heavy atom. The highest BCUT2D eigenvalue weighted by Crippen LogP contribution is 2.10. The molecule has 0 atom stereocenters. The van der Waals surface area contributed by atoms with Crippen LogP contribution in [0.1, 0.15) is 0 Å². The second-order valence-electron chi connectivity index (χ2n) is 3.21. The average molecular weight is 237 g/mol. The third kappa shape index (κ3) is 2.43. The van der Waals surface area contributed by atoms with Gasteiger partial charge in [0.2, 0.25) is 0 Å². The Labute approximate surface area is 94.3 Å². The molecule has 1 N–H and O–H groups in total. The highest BCUT2D eigenvalue weighted by atomic mass is 32.2. The van der Waals surface area contributed by atoms with E-state index in [0.29, 0.717) is 12.3 Å². The van der Waals surface area contributed by atoms with Gasteiger partial charge in [-0.15, -0.1) is 0 Å². The third-order valence-corrected chi connectivity index (χ3v) is 3.45. The van der Waals surface area contributed by atoms with Crippen LogP contribution in [0.2, 0.25) is 0 Å². The van der Waals surface area contributed by atoms with Crippen molar-refractivity contribution in [3.8, 4) is 0 Å². The monoisotopic (exact) mass is 237 g/mol. The van der Waals surface area contributed by atoms with Crippen LogP contribution < -0.4 is 4.72 Å². The van der Waals surface area contributed by atoms with Gasteiger partial charge in [0, 0.05) is 0 Å². The molecule has 0 saturated carbocycles. The number of rotatable bonds is 3. The highest BCUT2D eigenvalue weighted by molar-refractivity contribution is 7.89. The lowest BCUT2D eigenvalue weighted by atomic mass is 10.4. The largest absolute Gasteiger partial charge is 0.497 e. The van der Waals surface area contributed by atoms with Crippen LogP contribution in [-0.4, -0.2) is 15.0 Å². The number of allylic oxidation sites excluding steroid dienone is 1. The van der Waals surface area contributed by atoms with Crippen molar-refractivity contribution in [3.05, 3.63) is 54.4 Å². The first-order valence-corrected chi connectivity index (χ1v) is 6.23. The van der Waals surface area contributed by atoms with Crippen LogP contribution >= 0.6 is 0 Å². The molecule has 0 saturated heterocycles. The van der Waals surface area contributed by atoms with Crippen molar-refractivity contribution in [1.29, 1.82) is 0 Å². The molecule has 0 spiro atoms. The predicted molar refractivity (Wildman–Crippen MR) is 59.9 cm³/mol. The van der Waals surface area contributed by atoms with Crippen molar-refractivity contribution < 1.29 is 13.2 Å². The quantitative estimate of drug-likeness (QED) is 0.864. The fourth-order valence-corrected chi connectivity index (χ4v) is 2.37. The summed E-state index contributed by atoms with van der Waals surface area (Å²) < 4.78 is 31.2. The number of nitrogens with one attached hydrogen (secondary N) is 1. The molecule has 0 unspecified atom stereocenters. The van der Waals surface area contributed by atoms with Crippen molar-refractivity contribution in [3.63, 3.8) is 0 Å². The molecule has 1 aromatic carbocycles. The van der Waals surface area contributed by atoms with Gasteiger partial charge >= 0.3 is 0 Å². The lowest BCUT2D eigenvalue weighted by molar-refractivity contribution is 0.283. The molecular weight excluding hydrogens is 226 g/mol. The van der Waals surface area contributed by atoms with Gasteiger partial charge in [-0.2, -0.15) is 0 Å². The van der Waals surface area contributed by atoms with Crippen molar-refractivity contribution in [1.82, 2.24) is 4.72 Å². The molecule has 0 aromatic heterocycles. The predicted octanol–water partition coefficient (Wildman–Crippen LogP) is 1.39. The second kappa shape index (κ2) is 4.40. The van der Waals surface area contributed by atoms with E-state index in [1.54, 1.807) is 42.5 Å². The molecule has 0 radical (unpaired) electrons. The summed E-state index contributed by atoms with van der Waals surface area (Å²) in [4.78, 5) is 0.246. The Morgan fingerprint density at radius 1 is 1.19 bits per heavy atom. The zero-order chi connectivity index (χ0) is 11.4. The highest BCUT2D eigenvalue weighted by Gasteiger charge is 2.14. The molecule has 0 bridgehead atoms. The van der Waals surface area contributed by atoms with Crippen LogP contribution in [0.4, 0.5) is 0 Å². The SMILES string of the molecule is O=S(=O)(NC1=CCOC=C1)c1ccccc1. The van der Waals surface area contributed by atoms with Gasteiger partial charge in [0.05, 0.1) is 16.9 Å². The number of benzene rings is 1. The molecule has 1 aliphatic rings. The van der Waals surface area contributed by atoms with E-state index in [1.165, 1.54) is 6.26 Å². The number of hydrogen-bond acceptors (Lipinski definition) is 3. The van der Waals surface area contributed by atoms with E-state index >= 15 is 0 Å². The van der Waals surface area contributed by atoms with Gasteiger partial charge in [0.1, 0.15) is 6.61 Å². The summed E-state index contributed by atoms with van der Waals surface area (Å²) in [6, 6.07) is 8.23. The van der Waals surface area contributed by atoms with Crippen LogP contribution in [0.15, 0.2) is 59.3 Å². The smallest absolute Gasteiger partial charge is 0.261 e. The summed E-state index contributed by atoms with van der Waals surface area (Å²) in [5, 5.41) is 0. The molecule has 1 aromatic rings. The van der Waals surface area contributed by atoms with Gasteiger partial charge in [-0.3, -0.25) is 4.72 Å². The standard InChI is InChI=1S/C11H11NO3S/c13-16(14,11-4-2-1-3-5-11)12-10-6-8-15-9-7-10/h1-8,12H,9H2. The van der Waals surface area contributed by atoms with E-state index in [9.17, 15) is 8.42 Å². The Hall–Kier alpha value is -1.75. The Bertz CT molecular complexity index is 517. The summed E-state index contributed by atoms with van der Waals surface area (Å²) in [5.74, 6) is 0. The van der Waals surface area contributed by atoms with Crippen molar-refractivity contribution >= 4 is 10.0 Å². The fourth-order valence-electron chi connectivity index (χ4n) is 1.27. The first kappa shape index (κ1) is 10.8. The van der Waals surface area contributed by atoms with Gasteiger partial charge < -0.3 is 4.74 Å². The molecule has 1 aliphatic heterocycles. The summed E-state index contributed by atoms with van der Waals surface area (Å²) in [6.07, 6.45) is 4.70. The first-order chi connectivity index (χ1) is 7.68. The summed E-state index contributed by atoms with van der Waals surface area (Å²) in [7, 11) is -3.48. The van der Waals surface area contributed by atoms with Gasteiger partial charge in [-0.1, -0.05) is 18.2 Å². The van der Waals surface area contributed by atoms with E-state index in [0.717, 1.165) is 0 Å². The Kier molecular flexibility index (Phi) is 2.96. The fraction of sp³-hybridized carbons (Fsp3) is 0.0909. The Morgan fingerprint density at radius 3 is 2.56 bits per heavy atom. The maximum atomic E-state index is 11.9. The minimum absolute atomic E-state index is 0.246. The molecule has 0 fully saturated rings. The molecular formula is C11H11NO3S. The lowest BCUT2D eigenvalue weighted by Crippen LogP contribution is -2.23. The zero-order valence-electron chi connectivity index (χ0n) is 8.46. The minimum atomic E-state index is -3.48. The molecule has 84 valence electrons. The van der Waals surface area contributed by atoms with Crippen LogP contribution in [-0.2, 0) is 14.8 Å². The summed E-state index contributed by atoms with van der Waals surface area (Å²) in [6.45, 7) is 0.378. The topological polar surface area (TPSA) is 55.4 Å². The number of sulfonamides is 1. The maximum absolute atomic E-state index is 11.9. The normalized spacial score (nSPS) is 15.1. The van der Waals surface area contributed by atoms with Crippen molar-refractivity contribution in [2.24, 2.45) is 0 Å². The van der Waals surface area contributed by atoms with Crippen molar-refractivity contribution in [2.45, 2.75) is 4.90 Å². The molecule has 0 amide bonds. The molecule has 16 heavy (non-hydrogen) atoms. The van der Waals surface area contributed by atoms with Crippen LogP contribution in [0.5, 0.6) is 0 Å². The van der Waals surface area contributed by atoms with Crippen LogP contribution in [0.3, 0.4) is 0 Å². The van der Waals surface area contributed by atoms with E-state index < -0.39 is 10.0 Å². The first-order valence-electron chi connectivity index (χ1n) is 4.75. The van der Waals surface area contributed by atoms with E-state index in [4.69, 9.17) is 4.74 Å². The third-order valence-electron chi connectivity index (χ3n) is 2.05. The lowest BCUT2D eigenvalue weighted by Gasteiger charge is -2.11. The number of ether oxygens (including phenoxy) is 1. The average Bonchev–Trinajstić information content (AvgIpc) is 2.31. The molecule has 4 nitrogen and oxygen atoms in total. The van der Waals surface area contributed by atoms with Gasteiger partial charge in [0.25, 0.3) is 10.0 Å². The summed E-state index contributed by atoms with van der Waals surface area (Å²) >= 11 is 0. The van der Waals surface area contributed by atoms with E-state index in [2.05, 4.69) is 4.72 Å². The van der Waals surface area contributed by atoms with Crippen molar-refractivity contribution in [2.75, 3.05) is 6.61 Å². The van der Waals surface area contributed by atoms with Crippen LogP contribution in [0, 0.1) is 0 Å². The molecule has 2 rings (SSSR count).